The van der Waals surface area contributed by atoms with Gasteiger partial charge in [-0.2, -0.15) is 0 Å². The highest BCUT2D eigenvalue weighted by molar-refractivity contribution is 5.93. The van der Waals surface area contributed by atoms with E-state index in [0.717, 1.165) is 36.2 Å². The Bertz CT molecular complexity index is 826. The number of imidazole rings is 1. The van der Waals surface area contributed by atoms with Crippen LogP contribution in [-0.2, 0) is 13.1 Å². The number of aryl methyl sites for hydroxylation is 1. The maximum absolute atomic E-state index is 12.6. The zero-order valence-electron chi connectivity index (χ0n) is 14.1. The van der Waals surface area contributed by atoms with Crippen molar-refractivity contribution >= 4 is 16.9 Å². The summed E-state index contributed by atoms with van der Waals surface area (Å²) in [6.07, 6.45) is 5.49. The second-order valence-corrected chi connectivity index (χ2v) is 5.92. The number of carbonyl (C=O) groups excluding carboxylic acids is 1. The van der Waals surface area contributed by atoms with Gasteiger partial charge in [-0.15, -0.1) is 0 Å². The fourth-order valence-electron chi connectivity index (χ4n) is 2.81. The van der Waals surface area contributed by atoms with E-state index in [-0.39, 0.29) is 5.91 Å². The third-order valence-corrected chi connectivity index (χ3v) is 4.12. The predicted octanol–water partition coefficient (Wildman–Crippen LogP) is 3.50. The Morgan fingerprint density at radius 2 is 1.92 bits per heavy atom. The molecule has 124 valence electrons. The van der Waals surface area contributed by atoms with E-state index in [1.165, 1.54) is 0 Å². The number of nitrogens with zero attached hydrogens (tertiary/aromatic N) is 4. The molecule has 5 nitrogen and oxygen atoms in total. The largest absolute Gasteiger partial charge is 0.334 e. The van der Waals surface area contributed by atoms with Crippen molar-refractivity contribution in [2.75, 3.05) is 7.05 Å². The topological polar surface area (TPSA) is 51.0 Å². The van der Waals surface area contributed by atoms with Crippen molar-refractivity contribution in [1.82, 2.24) is 19.4 Å². The van der Waals surface area contributed by atoms with Gasteiger partial charge in [-0.1, -0.05) is 25.5 Å². The molecule has 1 aromatic carbocycles. The molecule has 0 unspecified atom stereocenters. The van der Waals surface area contributed by atoms with Crippen LogP contribution in [0, 0.1) is 0 Å². The molecule has 0 bridgehead atoms. The molecule has 24 heavy (non-hydrogen) atoms. The molecule has 3 aromatic rings. The normalized spacial score (nSPS) is 10.9. The number of unbranched alkanes of at least 4 members (excludes halogenated alkanes) is 1. The fourth-order valence-corrected chi connectivity index (χ4v) is 2.81. The van der Waals surface area contributed by atoms with Crippen LogP contribution in [0.4, 0.5) is 0 Å². The lowest BCUT2D eigenvalue weighted by atomic mass is 10.2. The number of hydrogen-bond acceptors (Lipinski definition) is 3. The van der Waals surface area contributed by atoms with Crippen molar-refractivity contribution < 1.29 is 4.79 Å². The second-order valence-electron chi connectivity index (χ2n) is 5.92. The van der Waals surface area contributed by atoms with E-state index in [0.29, 0.717) is 12.1 Å². The number of fused-ring (bicyclic) bond motifs is 1. The molecule has 0 spiro atoms. The van der Waals surface area contributed by atoms with Gasteiger partial charge >= 0.3 is 0 Å². The molecular formula is C19H22N4O. The molecule has 0 atom stereocenters. The third kappa shape index (κ3) is 3.30. The van der Waals surface area contributed by atoms with E-state index in [4.69, 9.17) is 4.98 Å². The van der Waals surface area contributed by atoms with E-state index >= 15 is 0 Å². The molecule has 0 aliphatic rings. The number of pyridine rings is 1. The second kappa shape index (κ2) is 7.25. The van der Waals surface area contributed by atoms with Crippen molar-refractivity contribution in [2.45, 2.75) is 32.9 Å². The van der Waals surface area contributed by atoms with Gasteiger partial charge in [0, 0.05) is 31.5 Å². The first-order valence-corrected chi connectivity index (χ1v) is 8.30. The Kier molecular flexibility index (Phi) is 4.89. The quantitative estimate of drug-likeness (QED) is 0.698. The van der Waals surface area contributed by atoms with Gasteiger partial charge < -0.3 is 9.47 Å². The molecule has 3 rings (SSSR count). The lowest BCUT2D eigenvalue weighted by Gasteiger charge is -2.18. The van der Waals surface area contributed by atoms with Crippen molar-refractivity contribution in [3.8, 4) is 0 Å². The van der Waals surface area contributed by atoms with E-state index < -0.39 is 0 Å². The first-order valence-electron chi connectivity index (χ1n) is 8.30. The zero-order chi connectivity index (χ0) is 16.9. The lowest BCUT2D eigenvalue weighted by molar-refractivity contribution is 0.0780. The van der Waals surface area contributed by atoms with Crippen LogP contribution in [0.3, 0.4) is 0 Å². The highest BCUT2D eigenvalue weighted by Crippen LogP contribution is 2.18. The summed E-state index contributed by atoms with van der Waals surface area (Å²) < 4.78 is 2.23. The summed E-state index contributed by atoms with van der Waals surface area (Å²) in [6.45, 7) is 3.58. The van der Waals surface area contributed by atoms with Crippen LogP contribution in [0.5, 0.6) is 0 Å². The number of aromatic nitrogens is 3. The molecule has 2 aromatic heterocycles. The van der Waals surface area contributed by atoms with Gasteiger partial charge in [-0.25, -0.2) is 4.98 Å². The number of carbonyl (C=O) groups is 1. The van der Waals surface area contributed by atoms with Crippen molar-refractivity contribution in [2.24, 2.45) is 0 Å². The molecule has 2 heterocycles. The van der Waals surface area contributed by atoms with E-state index in [1.807, 2.05) is 25.2 Å². The van der Waals surface area contributed by atoms with Gasteiger partial charge in [0.25, 0.3) is 5.91 Å². The molecule has 0 aliphatic heterocycles. The highest BCUT2D eigenvalue weighted by Gasteiger charge is 2.16. The first-order chi connectivity index (χ1) is 11.7. The van der Waals surface area contributed by atoms with Crippen LogP contribution in [0.15, 0.2) is 48.8 Å². The van der Waals surface area contributed by atoms with E-state index in [1.54, 1.807) is 29.4 Å². The summed E-state index contributed by atoms with van der Waals surface area (Å²) in [4.78, 5) is 23.0. The smallest absolute Gasteiger partial charge is 0.254 e. The molecular weight excluding hydrogens is 300 g/mol. The van der Waals surface area contributed by atoms with Crippen LogP contribution in [0.1, 0.15) is 35.9 Å². The summed E-state index contributed by atoms with van der Waals surface area (Å²) in [6, 6.07) is 11.6. The summed E-state index contributed by atoms with van der Waals surface area (Å²) in [5, 5.41) is 0. The average molecular weight is 322 g/mol. The van der Waals surface area contributed by atoms with Crippen molar-refractivity contribution in [1.29, 1.82) is 0 Å². The molecule has 0 N–H and O–H groups in total. The number of para-hydroxylation sites is 2. The predicted molar refractivity (Wildman–Crippen MR) is 94.7 cm³/mol. The van der Waals surface area contributed by atoms with Crippen LogP contribution in [0.25, 0.3) is 11.0 Å². The Morgan fingerprint density at radius 1 is 1.17 bits per heavy atom. The fraction of sp³-hybridized carbons (Fsp3) is 0.316. The Balaban J connectivity index is 1.87. The van der Waals surface area contributed by atoms with Crippen LogP contribution >= 0.6 is 0 Å². The monoisotopic (exact) mass is 322 g/mol. The highest BCUT2D eigenvalue weighted by atomic mass is 16.2. The molecule has 0 saturated heterocycles. The Morgan fingerprint density at radius 3 is 2.67 bits per heavy atom. The minimum Gasteiger partial charge on any atom is -0.334 e. The SMILES string of the molecule is CCCCn1c(CN(C)C(=O)c2ccncc2)nc2ccccc21. The number of rotatable bonds is 6. The van der Waals surface area contributed by atoms with Crippen LogP contribution < -0.4 is 0 Å². The molecule has 0 aliphatic carbocycles. The average Bonchev–Trinajstić information content (AvgIpc) is 2.97. The van der Waals surface area contributed by atoms with Gasteiger partial charge in [0.05, 0.1) is 17.6 Å². The molecule has 0 saturated carbocycles. The van der Waals surface area contributed by atoms with Crippen molar-refractivity contribution in [3.63, 3.8) is 0 Å². The van der Waals surface area contributed by atoms with Crippen LogP contribution in [0.2, 0.25) is 0 Å². The van der Waals surface area contributed by atoms with Gasteiger partial charge in [-0.3, -0.25) is 9.78 Å². The molecule has 5 heteroatoms. The van der Waals surface area contributed by atoms with Gasteiger partial charge in [0.15, 0.2) is 0 Å². The van der Waals surface area contributed by atoms with Crippen LogP contribution in [-0.4, -0.2) is 32.4 Å². The molecule has 0 fully saturated rings. The number of hydrogen-bond donors (Lipinski definition) is 0. The standard InChI is InChI=1S/C19H22N4O/c1-3-4-13-23-17-8-6-5-7-16(17)21-18(23)14-22(2)19(24)15-9-11-20-12-10-15/h5-12H,3-4,13-14H2,1-2H3. The summed E-state index contributed by atoms with van der Waals surface area (Å²) >= 11 is 0. The van der Waals surface area contributed by atoms with Gasteiger partial charge in [-0.05, 0) is 30.7 Å². The molecule has 1 amide bonds. The third-order valence-electron chi connectivity index (χ3n) is 4.12. The minimum atomic E-state index is -0.0218. The summed E-state index contributed by atoms with van der Waals surface area (Å²) in [7, 11) is 1.81. The summed E-state index contributed by atoms with van der Waals surface area (Å²) in [5.74, 6) is 0.904. The van der Waals surface area contributed by atoms with E-state index in [9.17, 15) is 4.79 Å². The van der Waals surface area contributed by atoms with Gasteiger partial charge in [0.2, 0.25) is 0 Å². The zero-order valence-corrected chi connectivity index (χ0v) is 14.1. The van der Waals surface area contributed by atoms with Gasteiger partial charge in [0.1, 0.15) is 5.82 Å². The van der Waals surface area contributed by atoms with E-state index in [2.05, 4.69) is 22.5 Å². The maximum atomic E-state index is 12.6. The lowest BCUT2D eigenvalue weighted by Crippen LogP contribution is -2.27. The first kappa shape index (κ1) is 16.2. The minimum absolute atomic E-state index is 0.0218. The maximum Gasteiger partial charge on any atom is 0.254 e. The number of benzene rings is 1. The Labute approximate surface area is 142 Å². The summed E-state index contributed by atoms with van der Waals surface area (Å²) in [5.41, 5.74) is 2.75. The number of amides is 1. The Hall–Kier alpha value is -2.69. The molecule has 0 radical (unpaired) electrons. The van der Waals surface area contributed by atoms with Crippen molar-refractivity contribution in [3.05, 3.63) is 60.2 Å².